The molecule has 0 aliphatic rings. The van der Waals surface area contributed by atoms with E-state index in [0.29, 0.717) is 18.9 Å². The molecule has 2 nitrogen and oxygen atoms in total. The average molecular weight is 282 g/mol. The SMILES string of the molecule is CC(CCC(=O)OCc1ccccc1)Cc1ccccc1. The van der Waals surface area contributed by atoms with Gasteiger partial charge in [0.2, 0.25) is 0 Å². The predicted octanol–water partition coefficient (Wildman–Crippen LogP) is 4.39. The molecule has 21 heavy (non-hydrogen) atoms. The Balaban J connectivity index is 1.66. The molecule has 0 saturated heterocycles. The van der Waals surface area contributed by atoms with Gasteiger partial charge in [-0.1, -0.05) is 67.6 Å². The van der Waals surface area contributed by atoms with E-state index in [4.69, 9.17) is 4.74 Å². The molecule has 0 amide bonds. The van der Waals surface area contributed by atoms with Gasteiger partial charge in [0.25, 0.3) is 0 Å². The molecule has 2 heteroatoms. The Morgan fingerprint density at radius 1 is 0.952 bits per heavy atom. The lowest BCUT2D eigenvalue weighted by molar-refractivity contribution is -0.145. The van der Waals surface area contributed by atoms with Crippen molar-refractivity contribution < 1.29 is 9.53 Å². The highest BCUT2D eigenvalue weighted by Crippen LogP contribution is 2.14. The third kappa shape index (κ3) is 5.82. The molecule has 0 aromatic heterocycles. The van der Waals surface area contributed by atoms with E-state index in [9.17, 15) is 4.79 Å². The molecular formula is C19H22O2. The maximum Gasteiger partial charge on any atom is 0.306 e. The topological polar surface area (TPSA) is 26.3 Å². The molecule has 0 aliphatic heterocycles. The third-order valence-corrected chi connectivity index (χ3v) is 3.51. The highest BCUT2D eigenvalue weighted by molar-refractivity contribution is 5.69. The molecule has 0 N–H and O–H groups in total. The summed E-state index contributed by atoms with van der Waals surface area (Å²) in [7, 11) is 0. The number of ether oxygens (including phenoxy) is 1. The second kappa shape index (κ2) is 8.25. The van der Waals surface area contributed by atoms with Crippen LogP contribution in [0.4, 0.5) is 0 Å². The van der Waals surface area contributed by atoms with Crippen molar-refractivity contribution in [2.24, 2.45) is 5.92 Å². The zero-order valence-corrected chi connectivity index (χ0v) is 12.5. The first-order valence-electron chi connectivity index (χ1n) is 7.47. The smallest absolute Gasteiger partial charge is 0.306 e. The summed E-state index contributed by atoms with van der Waals surface area (Å²) in [4.78, 5) is 11.8. The molecule has 1 unspecified atom stereocenters. The molecule has 0 fully saturated rings. The number of rotatable bonds is 7. The molecule has 0 saturated carbocycles. The first-order chi connectivity index (χ1) is 10.2. The van der Waals surface area contributed by atoms with Crippen LogP contribution in [0.1, 0.15) is 30.9 Å². The zero-order chi connectivity index (χ0) is 14.9. The molecule has 0 heterocycles. The Morgan fingerprint density at radius 2 is 1.52 bits per heavy atom. The second-order valence-electron chi connectivity index (χ2n) is 5.48. The van der Waals surface area contributed by atoms with Crippen molar-refractivity contribution in [3.8, 4) is 0 Å². The highest BCUT2D eigenvalue weighted by Gasteiger charge is 2.09. The van der Waals surface area contributed by atoms with Crippen molar-refractivity contribution in [1.82, 2.24) is 0 Å². The van der Waals surface area contributed by atoms with Gasteiger partial charge in [-0.25, -0.2) is 0 Å². The fraction of sp³-hybridized carbons (Fsp3) is 0.316. The normalized spacial score (nSPS) is 11.9. The van der Waals surface area contributed by atoms with E-state index < -0.39 is 0 Å². The van der Waals surface area contributed by atoms with Crippen molar-refractivity contribution in [2.75, 3.05) is 0 Å². The van der Waals surface area contributed by atoms with Crippen LogP contribution in [0.5, 0.6) is 0 Å². The zero-order valence-electron chi connectivity index (χ0n) is 12.5. The van der Waals surface area contributed by atoms with E-state index in [0.717, 1.165) is 18.4 Å². The minimum Gasteiger partial charge on any atom is -0.461 e. The molecule has 110 valence electrons. The molecule has 0 radical (unpaired) electrons. The largest absolute Gasteiger partial charge is 0.461 e. The van der Waals surface area contributed by atoms with E-state index in [1.165, 1.54) is 5.56 Å². The second-order valence-corrected chi connectivity index (χ2v) is 5.48. The van der Waals surface area contributed by atoms with Crippen LogP contribution in [0.25, 0.3) is 0 Å². The van der Waals surface area contributed by atoms with Crippen LogP contribution >= 0.6 is 0 Å². The number of hydrogen-bond acceptors (Lipinski definition) is 2. The van der Waals surface area contributed by atoms with Crippen LogP contribution in [0.2, 0.25) is 0 Å². The highest BCUT2D eigenvalue weighted by atomic mass is 16.5. The number of carbonyl (C=O) groups is 1. The Hall–Kier alpha value is -2.09. The lowest BCUT2D eigenvalue weighted by Crippen LogP contribution is -2.08. The van der Waals surface area contributed by atoms with Gasteiger partial charge >= 0.3 is 5.97 Å². The van der Waals surface area contributed by atoms with Gasteiger partial charge < -0.3 is 4.74 Å². The van der Waals surface area contributed by atoms with E-state index in [2.05, 4.69) is 31.2 Å². The van der Waals surface area contributed by atoms with Gasteiger partial charge in [-0.05, 0) is 29.9 Å². The number of esters is 1. The van der Waals surface area contributed by atoms with Gasteiger partial charge in [-0.15, -0.1) is 0 Å². The van der Waals surface area contributed by atoms with Gasteiger partial charge in [0.15, 0.2) is 0 Å². The van der Waals surface area contributed by atoms with Crippen molar-refractivity contribution >= 4 is 5.97 Å². The van der Waals surface area contributed by atoms with Crippen molar-refractivity contribution in [3.05, 3.63) is 71.8 Å². The van der Waals surface area contributed by atoms with Gasteiger partial charge in [0, 0.05) is 6.42 Å². The molecule has 0 spiro atoms. The number of hydrogen-bond donors (Lipinski definition) is 0. The molecule has 2 aromatic rings. The molecule has 2 aromatic carbocycles. The minimum atomic E-state index is -0.112. The summed E-state index contributed by atoms with van der Waals surface area (Å²) in [6, 6.07) is 20.2. The molecule has 1 atom stereocenters. The van der Waals surface area contributed by atoms with Crippen LogP contribution in [-0.2, 0) is 22.6 Å². The quantitative estimate of drug-likeness (QED) is 0.704. The van der Waals surface area contributed by atoms with E-state index in [1.54, 1.807) is 0 Å². The molecule has 0 bridgehead atoms. The van der Waals surface area contributed by atoms with Gasteiger partial charge in [-0.3, -0.25) is 4.79 Å². The van der Waals surface area contributed by atoms with Crippen LogP contribution in [0.3, 0.4) is 0 Å². The minimum absolute atomic E-state index is 0.112. The molecule has 0 aliphatic carbocycles. The van der Waals surface area contributed by atoms with Gasteiger partial charge in [0.1, 0.15) is 6.61 Å². The van der Waals surface area contributed by atoms with Crippen molar-refractivity contribution in [2.45, 2.75) is 32.8 Å². The summed E-state index contributed by atoms with van der Waals surface area (Å²) >= 11 is 0. The van der Waals surface area contributed by atoms with E-state index in [-0.39, 0.29) is 5.97 Å². The summed E-state index contributed by atoms with van der Waals surface area (Å²) < 4.78 is 5.29. The fourth-order valence-corrected chi connectivity index (χ4v) is 2.29. The maximum atomic E-state index is 11.8. The maximum absolute atomic E-state index is 11.8. The van der Waals surface area contributed by atoms with Gasteiger partial charge in [0.05, 0.1) is 0 Å². The predicted molar refractivity (Wildman–Crippen MR) is 84.8 cm³/mol. The molecule has 2 rings (SSSR count). The van der Waals surface area contributed by atoms with E-state index >= 15 is 0 Å². The van der Waals surface area contributed by atoms with Crippen molar-refractivity contribution in [1.29, 1.82) is 0 Å². The van der Waals surface area contributed by atoms with Crippen LogP contribution in [-0.4, -0.2) is 5.97 Å². The number of carbonyl (C=O) groups excluding carboxylic acids is 1. The average Bonchev–Trinajstić information content (AvgIpc) is 2.53. The Bertz CT molecular complexity index is 534. The summed E-state index contributed by atoms with van der Waals surface area (Å²) in [5, 5.41) is 0. The monoisotopic (exact) mass is 282 g/mol. The first-order valence-corrected chi connectivity index (χ1v) is 7.47. The standard InChI is InChI=1S/C19H22O2/c1-16(14-17-8-4-2-5-9-17)12-13-19(20)21-15-18-10-6-3-7-11-18/h2-11,16H,12-15H2,1H3. The summed E-state index contributed by atoms with van der Waals surface area (Å²) in [5.41, 5.74) is 2.35. The first kappa shape index (κ1) is 15.3. The Morgan fingerprint density at radius 3 is 2.14 bits per heavy atom. The third-order valence-electron chi connectivity index (χ3n) is 3.51. The Labute approximate surface area is 126 Å². The summed E-state index contributed by atoms with van der Waals surface area (Å²) in [6.07, 6.45) is 2.36. The Kier molecular flexibility index (Phi) is 6.01. The summed E-state index contributed by atoms with van der Waals surface area (Å²) in [5.74, 6) is 0.371. The van der Waals surface area contributed by atoms with Gasteiger partial charge in [-0.2, -0.15) is 0 Å². The van der Waals surface area contributed by atoms with E-state index in [1.807, 2.05) is 36.4 Å². The van der Waals surface area contributed by atoms with Crippen LogP contribution in [0.15, 0.2) is 60.7 Å². The van der Waals surface area contributed by atoms with Crippen LogP contribution in [0, 0.1) is 5.92 Å². The summed E-state index contributed by atoms with van der Waals surface area (Å²) in [6.45, 7) is 2.55. The van der Waals surface area contributed by atoms with Crippen molar-refractivity contribution in [3.63, 3.8) is 0 Å². The lowest BCUT2D eigenvalue weighted by atomic mass is 9.97. The fourth-order valence-electron chi connectivity index (χ4n) is 2.29. The number of benzene rings is 2. The van der Waals surface area contributed by atoms with Crippen LogP contribution < -0.4 is 0 Å². The molecular weight excluding hydrogens is 260 g/mol. The lowest BCUT2D eigenvalue weighted by Gasteiger charge is -2.11.